The first-order valence-corrected chi connectivity index (χ1v) is 6.38. The minimum Gasteiger partial charge on any atom is -0.481 e. The molecule has 102 valence electrons. The molecular weight excluding hydrogens is 243 g/mol. The fraction of sp³-hybridized carbons (Fsp3) is 0.500. The van der Waals surface area contributed by atoms with Crippen LogP contribution in [-0.4, -0.2) is 29.4 Å². The van der Waals surface area contributed by atoms with Gasteiger partial charge in [0.2, 0.25) is 0 Å². The summed E-state index contributed by atoms with van der Waals surface area (Å²) in [6.45, 7) is 7.65. The van der Waals surface area contributed by atoms with Crippen molar-refractivity contribution >= 4 is 13.1 Å². The fourth-order valence-electron chi connectivity index (χ4n) is 2.10. The van der Waals surface area contributed by atoms with Crippen LogP contribution in [0.4, 0.5) is 0 Å². The summed E-state index contributed by atoms with van der Waals surface area (Å²) in [6, 6.07) is 9.05. The summed E-state index contributed by atoms with van der Waals surface area (Å²) >= 11 is 0. The van der Waals surface area contributed by atoms with Gasteiger partial charge in [-0.2, -0.15) is 0 Å². The van der Waals surface area contributed by atoms with Crippen LogP contribution in [0.2, 0.25) is 0 Å². The van der Waals surface area contributed by atoms with Gasteiger partial charge in [0, 0.05) is 0 Å². The molecule has 1 N–H and O–H groups in total. The highest BCUT2D eigenvalue weighted by molar-refractivity contribution is 6.52. The first-order chi connectivity index (χ1) is 8.74. The highest BCUT2D eigenvalue weighted by Crippen LogP contribution is 2.40. The summed E-state index contributed by atoms with van der Waals surface area (Å²) < 4.78 is 11.7. The molecular formula is C14H19BO4. The number of rotatable bonds is 3. The van der Waals surface area contributed by atoms with Crippen LogP contribution in [-0.2, 0) is 14.1 Å². The number of aliphatic carboxylic acids is 1. The highest BCUT2D eigenvalue weighted by Gasteiger charge is 2.55. The van der Waals surface area contributed by atoms with Crippen molar-refractivity contribution in [3.05, 3.63) is 35.9 Å². The molecule has 1 fully saturated rings. The Hall–Kier alpha value is -1.33. The largest absolute Gasteiger partial charge is 0.481 e. The Balaban J connectivity index is 2.31. The summed E-state index contributed by atoms with van der Waals surface area (Å²) in [4.78, 5) is 11.5. The van der Waals surface area contributed by atoms with E-state index in [9.17, 15) is 9.90 Å². The molecule has 19 heavy (non-hydrogen) atoms. The van der Waals surface area contributed by atoms with E-state index in [-0.39, 0.29) is 0 Å². The minimum atomic E-state index is -0.940. The molecule has 0 bridgehead atoms. The molecule has 0 amide bonds. The summed E-state index contributed by atoms with van der Waals surface area (Å²) in [5.74, 6) is -1.76. The van der Waals surface area contributed by atoms with Crippen molar-refractivity contribution in [3.8, 4) is 0 Å². The van der Waals surface area contributed by atoms with Crippen molar-refractivity contribution in [2.75, 3.05) is 0 Å². The van der Waals surface area contributed by atoms with Crippen molar-refractivity contribution in [2.24, 2.45) is 0 Å². The van der Waals surface area contributed by atoms with E-state index in [1.807, 2.05) is 45.9 Å². The molecule has 0 unspecified atom stereocenters. The van der Waals surface area contributed by atoms with E-state index >= 15 is 0 Å². The Bertz CT molecular complexity index is 454. The lowest BCUT2D eigenvalue weighted by atomic mass is 9.68. The average Bonchev–Trinajstić information content (AvgIpc) is 2.48. The van der Waals surface area contributed by atoms with Crippen molar-refractivity contribution in [2.45, 2.75) is 44.7 Å². The van der Waals surface area contributed by atoms with Gasteiger partial charge in [-0.15, -0.1) is 0 Å². The Morgan fingerprint density at radius 1 is 1.11 bits per heavy atom. The Morgan fingerprint density at radius 3 is 2.00 bits per heavy atom. The Labute approximate surface area is 113 Å². The van der Waals surface area contributed by atoms with Crippen molar-refractivity contribution in [1.82, 2.24) is 0 Å². The van der Waals surface area contributed by atoms with Crippen LogP contribution in [0.15, 0.2) is 30.3 Å². The number of carboxylic acids is 1. The molecule has 0 aliphatic carbocycles. The van der Waals surface area contributed by atoms with E-state index in [4.69, 9.17) is 9.31 Å². The van der Waals surface area contributed by atoms with Gasteiger partial charge in [-0.05, 0) is 33.3 Å². The maximum atomic E-state index is 11.5. The van der Waals surface area contributed by atoms with Crippen LogP contribution in [0.5, 0.6) is 0 Å². The van der Waals surface area contributed by atoms with Gasteiger partial charge >= 0.3 is 13.1 Å². The molecule has 1 atom stereocenters. The minimum absolute atomic E-state index is 0.528. The molecule has 1 aliphatic heterocycles. The molecule has 1 aliphatic rings. The molecule has 1 aromatic rings. The van der Waals surface area contributed by atoms with E-state index in [0.717, 1.165) is 0 Å². The van der Waals surface area contributed by atoms with Gasteiger partial charge in [0.05, 0.1) is 11.2 Å². The first-order valence-electron chi connectivity index (χ1n) is 6.38. The number of carbonyl (C=O) groups is 1. The van der Waals surface area contributed by atoms with Crippen molar-refractivity contribution in [1.29, 1.82) is 0 Å². The second kappa shape index (κ2) is 4.65. The van der Waals surface area contributed by atoms with E-state index in [1.165, 1.54) is 0 Å². The third-order valence-electron chi connectivity index (χ3n) is 3.97. The van der Waals surface area contributed by atoms with Crippen molar-refractivity contribution < 1.29 is 19.2 Å². The predicted molar refractivity (Wildman–Crippen MR) is 72.9 cm³/mol. The molecule has 0 radical (unpaired) electrons. The number of hydrogen-bond acceptors (Lipinski definition) is 3. The van der Waals surface area contributed by atoms with Crippen LogP contribution >= 0.6 is 0 Å². The topological polar surface area (TPSA) is 55.8 Å². The predicted octanol–water partition coefficient (Wildman–Crippen LogP) is 2.49. The molecule has 1 heterocycles. The number of hydrogen-bond donors (Lipinski definition) is 1. The fourth-order valence-corrected chi connectivity index (χ4v) is 2.10. The molecule has 4 nitrogen and oxygen atoms in total. The maximum absolute atomic E-state index is 11.5. The van der Waals surface area contributed by atoms with Crippen LogP contribution in [0.1, 0.15) is 39.1 Å². The summed E-state index contributed by atoms with van der Waals surface area (Å²) in [6.07, 6.45) is 0. The summed E-state index contributed by atoms with van der Waals surface area (Å²) in [5, 5.41) is 9.47. The lowest BCUT2D eigenvalue weighted by Crippen LogP contribution is -2.41. The SMILES string of the molecule is CC1(C)OB([C@@H](C(=O)O)c2ccccc2)OC1(C)C. The van der Waals surface area contributed by atoms with Gasteiger partial charge in [0.1, 0.15) is 5.82 Å². The van der Waals surface area contributed by atoms with E-state index in [0.29, 0.717) is 5.56 Å². The van der Waals surface area contributed by atoms with Crippen LogP contribution in [0, 0.1) is 0 Å². The van der Waals surface area contributed by atoms with Gasteiger partial charge in [0.15, 0.2) is 0 Å². The quantitative estimate of drug-likeness (QED) is 0.850. The average molecular weight is 262 g/mol. The van der Waals surface area contributed by atoms with Gasteiger partial charge in [0.25, 0.3) is 0 Å². The normalized spacial score (nSPS) is 22.2. The van der Waals surface area contributed by atoms with Crippen LogP contribution < -0.4 is 0 Å². The maximum Gasteiger partial charge on any atom is 0.477 e. The Kier molecular flexibility index (Phi) is 3.45. The standard InChI is InChI=1S/C14H19BO4/c1-13(2)14(3,4)19-15(18-13)11(12(16)17)10-8-6-5-7-9-10/h5-9,11H,1-4H3,(H,16,17)/t11-/m1/s1. The molecule has 5 heteroatoms. The second-order valence-corrected chi connectivity index (χ2v) is 5.85. The Morgan fingerprint density at radius 2 is 1.58 bits per heavy atom. The molecule has 0 saturated carbocycles. The zero-order valence-corrected chi connectivity index (χ0v) is 11.7. The highest BCUT2D eigenvalue weighted by atomic mass is 16.7. The van der Waals surface area contributed by atoms with Gasteiger partial charge in [-0.1, -0.05) is 30.3 Å². The van der Waals surface area contributed by atoms with Crippen molar-refractivity contribution in [3.63, 3.8) is 0 Å². The van der Waals surface area contributed by atoms with Gasteiger partial charge in [-0.25, -0.2) is 0 Å². The summed E-state index contributed by atoms with van der Waals surface area (Å²) in [5.41, 5.74) is -0.367. The molecule has 2 rings (SSSR count). The molecule has 1 saturated heterocycles. The molecule has 1 aromatic carbocycles. The van der Waals surface area contributed by atoms with Gasteiger partial charge in [-0.3, -0.25) is 4.79 Å². The second-order valence-electron chi connectivity index (χ2n) is 5.85. The van der Waals surface area contributed by atoms with E-state index in [2.05, 4.69) is 0 Å². The lowest BCUT2D eigenvalue weighted by molar-refractivity contribution is -0.137. The van der Waals surface area contributed by atoms with E-state index < -0.39 is 30.1 Å². The van der Waals surface area contributed by atoms with Gasteiger partial charge < -0.3 is 14.4 Å². The smallest absolute Gasteiger partial charge is 0.477 e. The summed E-state index contributed by atoms with van der Waals surface area (Å²) in [7, 11) is -0.773. The monoisotopic (exact) mass is 262 g/mol. The number of benzene rings is 1. The first kappa shape index (κ1) is 14.1. The van der Waals surface area contributed by atoms with E-state index in [1.54, 1.807) is 12.1 Å². The van der Waals surface area contributed by atoms with Crippen LogP contribution in [0.25, 0.3) is 0 Å². The number of carboxylic acid groups (broad SMARTS) is 1. The van der Waals surface area contributed by atoms with Crippen LogP contribution in [0.3, 0.4) is 0 Å². The zero-order valence-electron chi connectivity index (χ0n) is 11.7. The molecule has 0 aromatic heterocycles. The molecule has 0 spiro atoms. The lowest BCUT2D eigenvalue weighted by Gasteiger charge is -2.32. The third-order valence-corrected chi connectivity index (χ3v) is 3.97. The zero-order chi connectivity index (χ0) is 14.3. The third kappa shape index (κ3) is 2.53.